The van der Waals surface area contributed by atoms with Crippen molar-refractivity contribution in [2.45, 2.75) is 38.8 Å². The summed E-state index contributed by atoms with van der Waals surface area (Å²) >= 11 is 0. The van der Waals surface area contributed by atoms with E-state index in [-0.39, 0.29) is 0 Å². The van der Waals surface area contributed by atoms with Gasteiger partial charge in [-0.1, -0.05) is 19.1 Å². The molecule has 3 unspecified atom stereocenters. The zero-order chi connectivity index (χ0) is 15.0. The smallest absolute Gasteiger partial charge is 0.126 e. The fourth-order valence-electron chi connectivity index (χ4n) is 3.82. The molecule has 2 aromatic rings. The number of benzene rings is 1. The first-order valence-corrected chi connectivity index (χ1v) is 8.00. The van der Waals surface area contributed by atoms with Crippen LogP contribution in [0.4, 0.5) is 0 Å². The van der Waals surface area contributed by atoms with Crippen molar-refractivity contribution in [1.29, 1.82) is 0 Å². The molecule has 4 heteroatoms. The Balaban J connectivity index is 1.95. The number of nitrogens with two attached hydrogens (primary N) is 1. The van der Waals surface area contributed by atoms with Crippen molar-refractivity contribution in [3.8, 4) is 0 Å². The van der Waals surface area contributed by atoms with Crippen molar-refractivity contribution in [2.75, 3.05) is 13.1 Å². The number of hydrogen-bond acceptors (Lipinski definition) is 3. The van der Waals surface area contributed by atoms with E-state index in [1.807, 2.05) is 0 Å². The number of hydrogen-bond donors (Lipinski definition) is 1. The highest BCUT2D eigenvalue weighted by Gasteiger charge is 2.32. The standard InChI is InChI=1S/C17H26N4/c1-12-7-6-10-21(16(12)11-18)13(2)17-19-14-8-4-5-9-15(14)20(17)3/h4-5,8-9,12-13,16H,6-7,10-11,18H2,1-3H3. The van der Waals surface area contributed by atoms with Crippen LogP contribution in [-0.4, -0.2) is 33.6 Å². The van der Waals surface area contributed by atoms with E-state index in [0.717, 1.165) is 24.4 Å². The van der Waals surface area contributed by atoms with Crippen LogP contribution in [0.15, 0.2) is 24.3 Å². The molecule has 1 aromatic heterocycles. The molecule has 0 bridgehead atoms. The molecule has 1 aliphatic heterocycles. The lowest BCUT2D eigenvalue weighted by Gasteiger charge is -2.42. The Kier molecular flexibility index (Phi) is 4.00. The van der Waals surface area contributed by atoms with Crippen molar-refractivity contribution in [1.82, 2.24) is 14.5 Å². The maximum atomic E-state index is 6.04. The van der Waals surface area contributed by atoms with E-state index in [0.29, 0.717) is 18.0 Å². The van der Waals surface area contributed by atoms with Crippen LogP contribution in [0, 0.1) is 5.92 Å². The van der Waals surface area contributed by atoms with Crippen LogP contribution >= 0.6 is 0 Å². The monoisotopic (exact) mass is 286 g/mol. The Hall–Kier alpha value is -1.39. The Labute approximate surface area is 126 Å². The van der Waals surface area contributed by atoms with E-state index in [4.69, 9.17) is 10.7 Å². The molecule has 3 rings (SSSR count). The Morgan fingerprint density at radius 1 is 1.38 bits per heavy atom. The summed E-state index contributed by atoms with van der Waals surface area (Å²) in [6.45, 7) is 6.44. The highest BCUT2D eigenvalue weighted by Crippen LogP contribution is 2.31. The molecule has 4 nitrogen and oxygen atoms in total. The minimum absolute atomic E-state index is 0.304. The summed E-state index contributed by atoms with van der Waals surface area (Å²) < 4.78 is 2.23. The first-order chi connectivity index (χ1) is 10.1. The van der Waals surface area contributed by atoms with Gasteiger partial charge in [0, 0.05) is 19.6 Å². The van der Waals surface area contributed by atoms with Gasteiger partial charge in [0.25, 0.3) is 0 Å². The Bertz CT molecular complexity index is 618. The van der Waals surface area contributed by atoms with Crippen LogP contribution in [0.1, 0.15) is 38.6 Å². The van der Waals surface area contributed by atoms with Crippen LogP contribution < -0.4 is 5.73 Å². The fraction of sp³-hybridized carbons (Fsp3) is 0.588. The van der Waals surface area contributed by atoms with Crippen molar-refractivity contribution in [2.24, 2.45) is 18.7 Å². The highest BCUT2D eigenvalue weighted by atomic mass is 15.2. The number of piperidine rings is 1. The Morgan fingerprint density at radius 2 is 2.14 bits per heavy atom. The minimum Gasteiger partial charge on any atom is -0.330 e. The van der Waals surface area contributed by atoms with Crippen molar-refractivity contribution in [3.63, 3.8) is 0 Å². The normalized spacial score (nSPS) is 25.3. The number of aromatic nitrogens is 2. The summed E-state index contributed by atoms with van der Waals surface area (Å²) in [5.74, 6) is 1.81. The molecule has 1 aromatic carbocycles. The summed E-state index contributed by atoms with van der Waals surface area (Å²) in [6.07, 6.45) is 2.54. The van der Waals surface area contributed by atoms with Gasteiger partial charge < -0.3 is 10.3 Å². The fourth-order valence-corrected chi connectivity index (χ4v) is 3.82. The number of fused-ring (bicyclic) bond motifs is 1. The molecular formula is C17H26N4. The van der Waals surface area contributed by atoms with Crippen LogP contribution in [-0.2, 0) is 7.05 Å². The lowest BCUT2D eigenvalue weighted by atomic mass is 9.89. The van der Waals surface area contributed by atoms with Crippen LogP contribution in [0.3, 0.4) is 0 Å². The first kappa shape index (κ1) is 14.5. The van der Waals surface area contributed by atoms with E-state index >= 15 is 0 Å². The van der Waals surface area contributed by atoms with Gasteiger partial charge in [-0.05, 0) is 44.4 Å². The van der Waals surface area contributed by atoms with Crippen LogP contribution in [0.5, 0.6) is 0 Å². The van der Waals surface area contributed by atoms with Gasteiger partial charge in [-0.3, -0.25) is 4.90 Å². The van der Waals surface area contributed by atoms with Crippen molar-refractivity contribution >= 4 is 11.0 Å². The maximum absolute atomic E-state index is 6.04. The molecule has 0 aliphatic carbocycles. The molecule has 0 saturated carbocycles. The summed E-state index contributed by atoms with van der Waals surface area (Å²) in [5.41, 5.74) is 8.33. The third kappa shape index (κ3) is 2.47. The number of imidazole rings is 1. The van der Waals surface area contributed by atoms with Gasteiger partial charge in [0.2, 0.25) is 0 Å². The van der Waals surface area contributed by atoms with Crippen LogP contribution in [0.2, 0.25) is 0 Å². The van der Waals surface area contributed by atoms with Crippen LogP contribution in [0.25, 0.3) is 11.0 Å². The average molecular weight is 286 g/mol. The third-order valence-electron chi connectivity index (χ3n) is 5.09. The molecule has 1 aliphatic rings. The van der Waals surface area contributed by atoms with E-state index in [2.05, 4.69) is 54.6 Å². The van der Waals surface area contributed by atoms with E-state index in [1.54, 1.807) is 0 Å². The van der Waals surface area contributed by atoms with Gasteiger partial charge in [0.15, 0.2) is 0 Å². The van der Waals surface area contributed by atoms with Gasteiger partial charge in [-0.2, -0.15) is 0 Å². The minimum atomic E-state index is 0.304. The molecule has 2 N–H and O–H groups in total. The second kappa shape index (κ2) is 5.78. The lowest BCUT2D eigenvalue weighted by molar-refractivity contribution is 0.0645. The van der Waals surface area contributed by atoms with Gasteiger partial charge in [-0.15, -0.1) is 0 Å². The lowest BCUT2D eigenvalue weighted by Crippen LogP contribution is -2.49. The molecular weight excluding hydrogens is 260 g/mol. The zero-order valence-electron chi connectivity index (χ0n) is 13.3. The zero-order valence-corrected chi connectivity index (χ0v) is 13.3. The second-order valence-electron chi connectivity index (χ2n) is 6.35. The van der Waals surface area contributed by atoms with E-state index < -0.39 is 0 Å². The van der Waals surface area contributed by atoms with Gasteiger partial charge in [0.1, 0.15) is 5.82 Å². The molecule has 3 atom stereocenters. The molecule has 2 heterocycles. The summed E-state index contributed by atoms with van der Waals surface area (Å²) in [5, 5.41) is 0. The molecule has 1 fully saturated rings. The predicted octanol–water partition coefficient (Wildman–Crippen LogP) is 2.69. The molecule has 0 amide bonds. The molecule has 114 valence electrons. The SMILES string of the molecule is CC1CCCN(C(C)c2nc3ccccc3n2C)C1CN. The summed E-state index contributed by atoms with van der Waals surface area (Å²) in [6, 6.07) is 9.12. The number of likely N-dealkylation sites (tertiary alicyclic amines) is 1. The van der Waals surface area contributed by atoms with Gasteiger partial charge in [0.05, 0.1) is 17.1 Å². The van der Waals surface area contributed by atoms with Gasteiger partial charge >= 0.3 is 0 Å². The molecule has 0 radical (unpaired) electrons. The topological polar surface area (TPSA) is 47.1 Å². The number of rotatable bonds is 3. The largest absolute Gasteiger partial charge is 0.330 e. The first-order valence-electron chi connectivity index (χ1n) is 8.00. The number of para-hydroxylation sites is 2. The molecule has 0 spiro atoms. The van der Waals surface area contributed by atoms with Gasteiger partial charge in [-0.25, -0.2) is 4.98 Å². The number of aryl methyl sites for hydroxylation is 1. The predicted molar refractivity (Wildman–Crippen MR) is 87.1 cm³/mol. The molecule has 21 heavy (non-hydrogen) atoms. The van der Waals surface area contributed by atoms with Crippen molar-refractivity contribution < 1.29 is 0 Å². The van der Waals surface area contributed by atoms with Crippen molar-refractivity contribution in [3.05, 3.63) is 30.1 Å². The average Bonchev–Trinajstić information content (AvgIpc) is 2.84. The summed E-state index contributed by atoms with van der Waals surface area (Å²) in [4.78, 5) is 7.41. The Morgan fingerprint density at radius 3 is 2.86 bits per heavy atom. The number of nitrogens with zero attached hydrogens (tertiary/aromatic N) is 3. The quantitative estimate of drug-likeness (QED) is 0.943. The summed E-state index contributed by atoms with van der Waals surface area (Å²) in [7, 11) is 2.12. The van der Waals surface area contributed by atoms with E-state index in [1.165, 1.54) is 18.4 Å². The van der Waals surface area contributed by atoms with E-state index in [9.17, 15) is 0 Å². The third-order valence-corrected chi connectivity index (χ3v) is 5.09. The molecule has 1 saturated heterocycles. The highest BCUT2D eigenvalue weighted by molar-refractivity contribution is 5.75. The second-order valence-corrected chi connectivity index (χ2v) is 6.35. The maximum Gasteiger partial charge on any atom is 0.126 e.